The van der Waals surface area contributed by atoms with E-state index in [1.807, 2.05) is 0 Å². The van der Waals surface area contributed by atoms with Crippen LogP contribution in [0.2, 0.25) is 0 Å². The van der Waals surface area contributed by atoms with E-state index in [2.05, 4.69) is 17.4 Å². The van der Waals surface area contributed by atoms with Gasteiger partial charge in [-0.1, -0.05) is 24.6 Å². The van der Waals surface area contributed by atoms with E-state index in [9.17, 15) is 19.2 Å². The highest BCUT2D eigenvalue weighted by molar-refractivity contribution is 8.11. The first-order valence-corrected chi connectivity index (χ1v) is 9.90. The molecule has 1 fully saturated rings. The molecule has 0 amide bonds. The molecule has 10 heteroatoms. The van der Waals surface area contributed by atoms with Crippen LogP contribution in [-0.4, -0.2) is 61.6 Å². The summed E-state index contributed by atoms with van der Waals surface area (Å²) in [6, 6.07) is 0. The number of carbonyl (C=O) groups excluding carboxylic acids is 4. The lowest BCUT2D eigenvalue weighted by molar-refractivity contribution is -0.184. The molecule has 1 saturated carbocycles. The third-order valence-electron chi connectivity index (χ3n) is 4.07. The number of hydrogen-bond donors (Lipinski definition) is 1. The van der Waals surface area contributed by atoms with E-state index in [0.717, 1.165) is 24.6 Å². The Hall–Kier alpha value is -1.26. The lowest BCUT2D eigenvalue weighted by atomic mass is 9.79. The molecule has 0 heterocycles. The maximum atomic E-state index is 12.4. The number of thiol groups is 1. The highest BCUT2D eigenvalue weighted by Crippen LogP contribution is 2.32. The van der Waals surface area contributed by atoms with Crippen LogP contribution >= 0.6 is 24.4 Å². The standard InChI is InChI=1S/C16H24O8S2/c1-21-11(8-26-10-18)6-22-15(19)12-4-2-3-5-13(12)16(20)24-14(7-25)23-9-17/h9-14,25H,2-8H2,1H3. The topological polar surface area (TPSA) is 105 Å². The van der Waals surface area contributed by atoms with Crippen molar-refractivity contribution in [2.75, 3.05) is 25.2 Å². The molecule has 8 nitrogen and oxygen atoms in total. The van der Waals surface area contributed by atoms with Crippen LogP contribution in [0, 0.1) is 11.8 Å². The zero-order valence-corrected chi connectivity index (χ0v) is 16.2. The molecule has 1 aliphatic carbocycles. The molecule has 0 bridgehead atoms. The van der Waals surface area contributed by atoms with E-state index in [1.54, 1.807) is 0 Å². The number of methoxy groups -OCH3 is 1. The highest BCUT2D eigenvalue weighted by atomic mass is 32.2. The molecule has 0 N–H and O–H groups in total. The molecule has 0 radical (unpaired) electrons. The fraction of sp³-hybridized carbons (Fsp3) is 0.750. The number of hydrogen-bond acceptors (Lipinski definition) is 10. The molecular formula is C16H24O8S2. The van der Waals surface area contributed by atoms with Crippen molar-refractivity contribution in [1.29, 1.82) is 0 Å². The minimum atomic E-state index is -1.08. The van der Waals surface area contributed by atoms with Crippen molar-refractivity contribution in [2.45, 2.75) is 38.1 Å². The van der Waals surface area contributed by atoms with Crippen molar-refractivity contribution in [3.05, 3.63) is 0 Å². The third-order valence-corrected chi connectivity index (χ3v) is 5.07. The summed E-state index contributed by atoms with van der Waals surface area (Å²) in [4.78, 5) is 45.6. The van der Waals surface area contributed by atoms with Gasteiger partial charge in [-0.2, -0.15) is 12.6 Å². The predicted molar refractivity (Wildman–Crippen MR) is 97.3 cm³/mol. The van der Waals surface area contributed by atoms with Gasteiger partial charge in [0.05, 0.1) is 17.6 Å². The fourth-order valence-electron chi connectivity index (χ4n) is 2.70. The molecule has 0 saturated heterocycles. The molecule has 4 unspecified atom stereocenters. The maximum Gasteiger partial charge on any atom is 0.312 e. The van der Waals surface area contributed by atoms with Gasteiger partial charge < -0.3 is 18.9 Å². The van der Waals surface area contributed by atoms with Gasteiger partial charge in [-0.25, -0.2) is 0 Å². The van der Waals surface area contributed by atoms with Gasteiger partial charge >= 0.3 is 11.9 Å². The SMILES string of the molecule is COC(COC(=O)C1CCCCC1C(=O)OC(CS)OC=O)CSC=O. The van der Waals surface area contributed by atoms with Crippen molar-refractivity contribution in [3.63, 3.8) is 0 Å². The number of thioether (sulfide) groups is 1. The van der Waals surface area contributed by atoms with Gasteiger partial charge in [0.2, 0.25) is 0 Å². The zero-order valence-electron chi connectivity index (χ0n) is 14.5. The minimum Gasteiger partial charge on any atom is -0.463 e. The van der Waals surface area contributed by atoms with Crippen LogP contribution in [0.5, 0.6) is 0 Å². The molecule has 148 valence electrons. The van der Waals surface area contributed by atoms with Gasteiger partial charge in [0.25, 0.3) is 12.8 Å². The Labute approximate surface area is 162 Å². The molecule has 4 atom stereocenters. The molecule has 0 aromatic heterocycles. The van der Waals surface area contributed by atoms with Crippen molar-refractivity contribution in [3.8, 4) is 0 Å². The van der Waals surface area contributed by atoms with Crippen molar-refractivity contribution in [1.82, 2.24) is 0 Å². The monoisotopic (exact) mass is 408 g/mol. The second kappa shape index (κ2) is 13.0. The quantitative estimate of drug-likeness (QED) is 0.221. The summed E-state index contributed by atoms with van der Waals surface area (Å²) in [5, 5.41) is 0. The smallest absolute Gasteiger partial charge is 0.312 e. The van der Waals surface area contributed by atoms with Crippen molar-refractivity contribution < 1.29 is 38.1 Å². The molecule has 0 aromatic rings. The summed E-state index contributed by atoms with van der Waals surface area (Å²) >= 11 is 4.98. The lowest BCUT2D eigenvalue weighted by Gasteiger charge is -2.29. The molecule has 0 aliphatic heterocycles. The van der Waals surface area contributed by atoms with E-state index in [-0.39, 0.29) is 18.8 Å². The zero-order chi connectivity index (χ0) is 19.4. The Kier molecular flexibility index (Phi) is 11.4. The van der Waals surface area contributed by atoms with Crippen LogP contribution in [0.1, 0.15) is 25.7 Å². The van der Waals surface area contributed by atoms with E-state index < -0.39 is 36.2 Å². The fourth-order valence-corrected chi connectivity index (χ4v) is 3.38. The Morgan fingerprint density at radius 3 is 2.38 bits per heavy atom. The summed E-state index contributed by atoms with van der Waals surface area (Å²) < 4.78 is 20.2. The molecule has 1 aliphatic rings. The largest absolute Gasteiger partial charge is 0.463 e. The summed E-state index contributed by atoms with van der Waals surface area (Å²) in [5.74, 6) is -1.98. The van der Waals surface area contributed by atoms with Crippen LogP contribution in [0.15, 0.2) is 0 Å². The van der Waals surface area contributed by atoms with E-state index in [1.165, 1.54) is 7.11 Å². The van der Waals surface area contributed by atoms with E-state index in [4.69, 9.17) is 14.2 Å². The van der Waals surface area contributed by atoms with Crippen LogP contribution in [0.3, 0.4) is 0 Å². The Balaban J connectivity index is 2.62. The van der Waals surface area contributed by atoms with Gasteiger partial charge in [0.15, 0.2) is 5.62 Å². The van der Waals surface area contributed by atoms with E-state index in [0.29, 0.717) is 24.2 Å². The third kappa shape index (κ3) is 7.55. The van der Waals surface area contributed by atoms with Gasteiger partial charge in [-0.05, 0) is 12.8 Å². The average Bonchev–Trinajstić information content (AvgIpc) is 2.67. The molecule has 1 rings (SSSR count). The normalized spacial score (nSPS) is 21.9. The predicted octanol–water partition coefficient (Wildman–Crippen LogP) is 1.25. The molecule has 26 heavy (non-hydrogen) atoms. The van der Waals surface area contributed by atoms with Crippen LogP contribution < -0.4 is 0 Å². The summed E-state index contributed by atoms with van der Waals surface area (Å²) in [7, 11) is 1.47. The first kappa shape index (κ1) is 22.8. The number of ether oxygens (including phenoxy) is 4. The van der Waals surface area contributed by atoms with Gasteiger partial charge in [-0.3, -0.25) is 19.2 Å². The van der Waals surface area contributed by atoms with Gasteiger partial charge in [0.1, 0.15) is 12.7 Å². The van der Waals surface area contributed by atoms with Crippen LogP contribution in [-0.2, 0) is 38.1 Å². The van der Waals surface area contributed by atoms with Gasteiger partial charge in [0, 0.05) is 12.9 Å². The first-order chi connectivity index (χ1) is 12.6. The van der Waals surface area contributed by atoms with Gasteiger partial charge in [-0.15, -0.1) is 0 Å². The minimum absolute atomic E-state index is 0.00194. The van der Waals surface area contributed by atoms with Crippen molar-refractivity contribution in [2.24, 2.45) is 11.8 Å². The Bertz CT molecular complexity index is 473. The Morgan fingerprint density at radius 1 is 1.19 bits per heavy atom. The summed E-state index contributed by atoms with van der Waals surface area (Å²) in [5.41, 5.74) is 0.695. The van der Waals surface area contributed by atoms with Crippen LogP contribution in [0.4, 0.5) is 0 Å². The number of rotatable bonds is 12. The Morgan fingerprint density at radius 2 is 1.85 bits per heavy atom. The summed E-state index contributed by atoms with van der Waals surface area (Å²) in [6.45, 7) is 0.185. The number of esters is 2. The van der Waals surface area contributed by atoms with Crippen molar-refractivity contribution >= 4 is 48.4 Å². The number of carbonyl (C=O) groups is 4. The molecule has 0 spiro atoms. The van der Waals surface area contributed by atoms with E-state index >= 15 is 0 Å². The maximum absolute atomic E-state index is 12.4. The van der Waals surface area contributed by atoms with Crippen LogP contribution in [0.25, 0.3) is 0 Å². The summed E-state index contributed by atoms with van der Waals surface area (Å²) in [6.07, 6.45) is 1.12. The molecular weight excluding hydrogens is 384 g/mol. The first-order valence-electron chi connectivity index (χ1n) is 8.22. The average molecular weight is 408 g/mol. The second-order valence-electron chi connectivity index (χ2n) is 5.70. The highest BCUT2D eigenvalue weighted by Gasteiger charge is 2.39. The second-order valence-corrected chi connectivity index (χ2v) is 6.92. The lowest BCUT2D eigenvalue weighted by Crippen LogP contribution is -2.38. The molecule has 0 aromatic carbocycles.